The standard InChI is InChI=1S/C27H38N2O3/c1-6-11-12-13-16-31-24-18-21(29(9-4)10-5)19-25-26(24)27(30)22-15-14-20(17-23(22)32-25)28(7-2)8-3/h14-15,17-19H,6-13,16H2,1-5H3. The van der Waals surface area contributed by atoms with Gasteiger partial charge in [0.1, 0.15) is 22.3 Å². The maximum Gasteiger partial charge on any atom is 0.204 e. The predicted octanol–water partition coefficient (Wildman–Crippen LogP) is 6.60. The van der Waals surface area contributed by atoms with Gasteiger partial charge in [-0.3, -0.25) is 4.79 Å². The maximum absolute atomic E-state index is 13.5. The van der Waals surface area contributed by atoms with Crippen molar-refractivity contribution in [3.8, 4) is 5.75 Å². The molecule has 0 amide bonds. The normalized spacial score (nSPS) is 11.3. The molecule has 0 saturated heterocycles. The second kappa shape index (κ2) is 11.3. The van der Waals surface area contributed by atoms with Crippen LogP contribution in [0.2, 0.25) is 0 Å². The van der Waals surface area contributed by atoms with Crippen molar-refractivity contribution in [1.82, 2.24) is 0 Å². The molecule has 5 heteroatoms. The highest BCUT2D eigenvalue weighted by Crippen LogP contribution is 2.33. The second-order valence-corrected chi connectivity index (χ2v) is 8.18. The molecule has 3 rings (SSSR count). The lowest BCUT2D eigenvalue weighted by atomic mass is 10.1. The van der Waals surface area contributed by atoms with E-state index in [-0.39, 0.29) is 5.43 Å². The lowest BCUT2D eigenvalue weighted by Gasteiger charge is -2.23. The first kappa shape index (κ1) is 24.0. The number of rotatable bonds is 12. The molecule has 0 aliphatic rings. The van der Waals surface area contributed by atoms with Gasteiger partial charge in [0.05, 0.1) is 12.0 Å². The van der Waals surface area contributed by atoms with Crippen molar-refractivity contribution in [2.24, 2.45) is 0 Å². The quantitative estimate of drug-likeness (QED) is 0.235. The number of ether oxygens (including phenoxy) is 1. The Morgan fingerprint density at radius 2 is 1.44 bits per heavy atom. The van der Waals surface area contributed by atoms with Crippen LogP contribution >= 0.6 is 0 Å². The van der Waals surface area contributed by atoms with Crippen molar-refractivity contribution in [2.45, 2.75) is 60.3 Å². The van der Waals surface area contributed by atoms with Gasteiger partial charge in [-0.2, -0.15) is 0 Å². The van der Waals surface area contributed by atoms with E-state index in [1.807, 2.05) is 30.3 Å². The number of nitrogens with zero attached hydrogens (tertiary/aromatic N) is 2. The average molecular weight is 439 g/mol. The van der Waals surface area contributed by atoms with E-state index in [4.69, 9.17) is 9.15 Å². The number of unbranched alkanes of at least 4 members (excludes halogenated alkanes) is 3. The van der Waals surface area contributed by atoms with E-state index in [2.05, 4.69) is 44.4 Å². The Bertz CT molecular complexity index is 1080. The molecule has 2 aromatic carbocycles. The molecule has 0 atom stereocenters. The van der Waals surface area contributed by atoms with Crippen molar-refractivity contribution >= 4 is 33.3 Å². The molecule has 0 radical (unpaired) electrons. The number of hydrogen-bond acceptors (Lipinski definition) is 5. The summed E-state index contributed by atoms with van der Waals surface area (Å²) in [5, 5.41) is 1.14. The van der Waals surface area contributed by atoms with E-state index >= 15 is 0 Å². The zero-order valence-electron chi connectivity index (χ0n) is 20.4. The maximum atomic E-state index is 13.5. The molecule has 0 bridgehead atoms. The summed E-state index contributed by atoms with van der Waals surface area (Å²) in [6, 6.07) is 9.86. The van der Waals surface area contributed by atoms with Crippen LogP contribution in [-0.2, 0) is 0 Å². The average Bonchev–Trinajstić information content (AvgIpc) is 2.80. The fourth-order valence-electron chi connectivity index (χ4n) is 4.30. The van der Waals surface area contributed by atoms with E-state index in [1.54, 1.807) is 0 Å². The molecule has 32 heavy (non-hydrogen) atoms. The van der Waals surface area contributed by atoms with Crippen LogP contribution in [0.15, 0.2) is 39.5 Å². The molecule has 0 saturated carbocycles. The molecular weight excluding hydrogens is 400 g/mol. The topological polar surface area (TPSA) is 45.9 Å². The van der Waals surface area contributed by atoms with Crippen molar-refractivity contribution in [2.75, 3.05) is 42.6 Å². The Morgan fingerprint density at radius 1 is 0.781 bits per heavy atom. The van der Waals surface area contributed by atoms with Gasteiger partial charge in [0.25, 0.3) is 0 Å². The van der Waals surface area contributed by atoms with Crippen LogP contribution in [0, 0.1) is 0 Å². The first-order chi connectivity index (χ1) is 15.6. The summed E-state index contributed by atoms with van der Waals surface area (Å²) in [4.78, 5) is 18.0. The Hall–Kier alpha value is -2.69. The summed E-state index contributed by atoms with van der Waals surface area (Å²) in [5.41, 5.74) is 3.28. The van der Waals surface area contributed by atoms with E-state index < -0.39 is 0 Å². The molecule has 0 N–H and O–H groups in total. The van der Waals surface area contributed by atoms with Crippen LogP contribution in [0.3, 0.4) is 0 Å². The van der Waals surface area contributed by atoms with Gasteiger partial charge in [-0.25, -0.2) is 0 Å². The summed E-state index contributed by atoms with van der Waals surface area (Å²) < 4.78 is 12.5. The molecule has 1 heterocycles. The zero-order chi connectivity index (χ0) is 23.1. The molecule has 3 aromatic rings. The van der Waals surface area contributed by atoms with Crippen LogP contribution in [0.1, 0.15) is 60.3 Å². The van der Waals surface area contributed by atoms with Gasteiger partial charge >= 0.3 is 0 Å². The number of fused-ring (bicyclic) bond motifs is 2. The minimum absolute atomic E-state index is 0.0259. The molecule has 1 aromatic heterocycles. The number of anilines is 2. The van der Waals surface area contributed by atoms with Gasteiger partial charge in [0.15, 0.2) is 0 Å². The van der Waals surface area contributed by atoms with Crippen LogP contribution in [0.4, 0.5) is 11.4 Å². The van der Waals surface area contributed by atoms with Crippen molar-refractivity contribution in [3.63, 3.8) is 0 Å². The van der Waals surface area contributed by atoms with Gasteiger partial charge in [0.2, 0.25) is 5.43 Å². The Morgan fingerprint density at radius 3 is 2.09 bits per heavy atom. The highest BCUT2D eigenvalue weighted by molar-refractivity contribution is 5.96. The van der Waals surface area contributed by atoms with Gasteiger partial charge < -0.3 is 19.0 Å². The summed E-state index contributed by atoms with van der Waals surface area (Å²) in [7, 11) is 0. The molecule has 0 aliphatic heterocycles. The summed E-state index contributed by atoms with van der Waals surface area (Å²) in [6.45, 7) is 14.9. The highest BCUT2D eigenvalue weighted by Gasteiger charge is 2.17. The fraction of sp³-hybridized carbons (Fsp3) is 0.519. The lowest BCUT2D eigenvalue weighted by Crippen LogP contribution is -2.22. The third-order valence-corrected chi connectivity index (χ3v) is 6.22. The van der Waals surface area contributed by atoms with E-state index in [0.29, 0.717) is 34.3 Å². The molecule has 5 nitrogen and oxygen atoms in total. The zero-order valence-corrected chi connectivity index (χ0v) is 20.4. The van der Waals surface area contributed by atoms with E-state index in [9.17, 15) is 4.79 Å². The van der Waals surface area contributed by atoms with Crippen LogP contribution < -0.4 is 20.0 Å². The van der Waals surface area contributed by atoms with Gasteiger partial charge in [-0.15, -0.1) is 0 Å². The molecule has 174 valence electrons. The first-order valence-corrected chi connectivity index (χ1v) is 12.2. The Labute approximate surface area is 192 Å². The summed E-state index contributed by atoms with van der Waals surface area (Å²) >= 11 is 0. The van der Waals surface area contributed by atoms with Gasteiger partial charge in [-0.1, -0.05) is 26.2 Å². The lowest BCUT2D eigenvalue weighted by molar-refractivity contribution is 0.308. The van der Waals surface area contributed by atoms with Gasteiger partial charge in [0, 0.05) is 55.8 Å². The van der Waals surface area contributed by atoms with Crippen LogP contribution in [0.5, 0.6) is 5.75 Å². The number of benzene rings is 2. The third-order valence-electron chi connectivity index (χ3n) is 6.22. The van der Waals surface area contributed by atoms with E-state index in [1.165, 1.54) is 12.8 Å². The SMILES string of the molecule is CCCCCCOc1cc(N(CC)CC)cc2oc3cc(N(CC)CC)ccc3c(=O)c12. The molecule has 0 spiro atoms. The minimum atomic E-state index is -0.0259. The van der Waals surface area contributed by atoms with E-state index in [0.717, 1.165) is 50.4 Å². The van der Waals surface area contributed by atoms with Crippen LogP contribution in [0.25, 0.3) is 21.9 Å². The number of hydrogen-bond donors (Lipinski definition) is 0. The van der Waals surface area contributed by atoms with Crippen LogP contribution in [-0.4, -0.2) is 32.8 Å². The first-order valence-electron chi connectivity index (χ1n) is 12.2. The molecular formula is C27H38N2O3. The summed E-state index contributed by atoms with van der Waals surface area (Å²) in [5.74, 6) is 0.629. The predicted molar refractivity (Wildman–Crippen MR) is 137 cm³/mol. The van der Waals surface area contributed by atoms with Crippen molar-refractivity contribution in [1.29, 1.82) is 0 Å². The van der Waals surface area contributed by atoms with Crippen molar-refractivity contribution < 1.29 is 9.15 Å². The second-order valence-electron chi connectivity index (χ2n) is 8.18. The third kappa shape index (κ3) is 5.03. The Kier molecular flexibility index (Phi) is 8.43. The molecule has 0 aliphatic carbocycles. The fourth-order valence-corrected chi connectivity index (χ4v) is 4.30. The smallest absolute Gasteiger partial charge is 0.204 e. The largest absolute Gasteiger partial charge is 0.493 e. The summed E-state index contributed by atoms with van der Waals surface area (Å²) in [6.07, 6.45) is 4.50. The molecule has 0 unspecified atom stereocenters. The molecule has 0 fully saturated rings. The Balaban J connectivity index is 2.14. The minimum Gasteiger partial charge on any atom is -0.493 e. The monoisotopic (exact) mass is 438 g/mol. The van der Waals surface area contributed by atoms with Gasteiger partial charge in [-0.05, 0) is 46.2 Å². The van der Waals surface area contributed by atoms with Crippen molar-refractivity contribution in [3.05, 3.63) is 40.6 Å². The highest BCUT2D eigenvalue weighted by atomic mass is 16.5.